The minimum Gasteiger partial charge on any atom is -0.368 e. The van der Waals surface area contributed by atoms with Crippen LogP contribution in [0.25, 0.3) is 0 Å². The van der Waals surface area contributed by atoms with Crippen LogP contribution < -0.4 is 10.6 Å². The van der Waals surface area contributed by atoms with Crippen molar-refractivity contribution in [3.63, 3.8) is 0 Å². The first-order valence-corrected chi connectivity index (χ1v) is 7.57. The van der Waals surface area contributed by atoms with Gasteiger partial charge in [0.1, 0.15) is 23.6 Å². The Kier molecular flexibility index (Phi) is 3.57. The van der Waals surface area contributed by atoms with Gasteiger partial charge in [0.05, 0.1) is 5.41 Å². The molecular weight excluding hydrogens is 280 g/mol. The second kappa shape index (κ2) is 5.41. The molecule has 6 heteroatoms. The topological polar surface area (TPSA) is 100 Å². The third-order valence-electron chi connectivity index (χ3n) is 4.80. The molecule has 1 aliphatic heterocycles. The molecule has 1 saturated heterocycles. The van der Waals surface area contributed by atoms with Gasteiger partial charge in [0, 0.05) is 0 Å². The largest absolute Gasteiger partial charge is 0.368 e. The Labute approximate surface area is 128 Å². The number of aromatic nitrogens is 1. The van der Waals surface area contributed by atoms with E-state index < -0.39 is 17.4 Å². The molecule has 1 saturated carbocycles. The summed E-state index contributed by atoms with van der Waals surface area (Å²) in [5, 5.41) is 8.98. The van der Waals surface area contributed by atoms with Crippen LogP contribution in [0.2, 0.25) is 0 Å². The molecule has 2 fully saturated rings. The predicted molar refractivity (Wildman–Crippen MR) is 79.6 cm³/mol. The zero-order valence-electron chi connectivity index (χ0n) is 12.3. The van der Waals surface area contributed by atoms with E-state index in [-0.39, 0.29) is 11.6 Å². The fourth-order valence-corrected chi connectivity index (χ4v) is 3.70. The van der Waals surface area contributed by atoms with Crippen LogP contribution in [0.15, 0.2) is 18.2 Å². The van der Waals surface area contributed by atoms with E-state index >= 15 is 0 Å². The van der Waals surface area contributed by atoms with Crippen molar-refractivity contribution in [2.75, 3.05) is 4.90 Å². The van der Waals surface area contributed by atoms with Crippen molar-refractivity contribution in [1.29, 1.82) is 5.26 Å². The molecule has 6 nitrogen and oxygen atoms in total. The van der Waals surface area contributed by atoms with Gasteiger partial charge in [-0.15, -0.1) is 0 Å². The number of nitriles is 1. The van der Waals surface area contributed by atoms with Crippen LogP contribution in [-0.4, -0.2) is 22.8 Å². The van der Waals surface area contributed by atoms with E-state index in [1.54, 1.807) is 18.2 Å². The number of hydrogen-bond donors (Lipinski definition) is 1. The molecule has 1 atom stereocenters. The Hall–Kier alpha value is -2.42. The summed E-state index contributed by atoms with van der Waals surface area (Å²) < 4.78 is 0. The van der Waals surface area contributed by atoms with Gasteiger partial charge in [-0.25, -0.2) is 4.98 Å². The molecule has 1 aromatic heterocycles. The fraction of sp³-hybridized carbons (Fsp3) is 0.500. The van der Waals surface area contributed by atoms with Gasteiger partial charge in [0.2, 0.25) is 11.8 Å². The number of primary amides is 1. The van der Waals surface area contributed by atoms with Crippen molar-refractivity contribution in [2.24, 2.45) is 11.1 Å². The average molecular weight is 298 g/mol. The van der Waals surface area contributed by atoms with Crippen LogP contribution in [0.5, 0.6) is 0 Å². The Bertz CT molecular complexity index is 658. The van der Waals surface area contributed by atoms with Crippen molar-refractivity contribution >= 4 is 17.6 Å². The highest BCUT2D eigenvalue weighted by molar-refractivity contribution is 6.06. The third kappa shape index (κ3) is 2.23. The second-order valence-electron chi connectivity index (χ2n) is 6.13. The second-order valence-corrected chi connectivity index (χ2v) is 6.13. The first-order chi connectivity index (χ1) is 10.6. The SMILES string of the molecule is N#Cc1cccc(N2C(=O)C3(CCCCC3)CC2C(N)=O)n1. The molecular formula is C16H18N4O2. The van der Waals surface area contributed by atoms with Gasteiger partial charge in [0.25, 0.3) is 0 Å². The quantitative estimate of drug-likeness (QED) is 0.894. The molecule has 0 aromatic carbocycles. The van der Waals surface area contributed by atoms with Crippen LogP contribution in [-0.2, 0) is 9.59 Å². The lowest BCUT2D eigenvalue weighted by Crippen LogP contribution is -2.43. The van der Waals surface area contributed by atoms with Crippen LogP contribution in [0.1, 0.15) is 44.2 Å². The Balaban J connectivity index is 2.01. The number of nitrogens with zero attached hydrogens (tertiary/aromatic N) is 3. The first kappa shape index (κ1) is 14.5. The zero-order valence-corrected chi connectivity index (χ0v) is 12.3. The summed E-state index contributed by atoms with van der Waals surface area (Å²) in [5.74, 6) is -0.242. The first-order valence-electron chi connectivity index (χ1n) is 7.57. The van der Waals surface area contributed by atoms with Gasteiger partial charge in [-0.05, 0) is 31.4 Å². The average Bonchev–Trinajstić information content (AvgIpc) is 2.81. The molecule has 2 aliphatic rings. The van der Waals surface area contributed by atoms with Crippen molar-refractivity contribution in [2.45, 2.75) is 44.6 Å². The smallest absolute Gasteiger partial charge is 0.240 e. The highest BCUT2D eigenvalue weighted by atomic mass is 16.2. The summed E-state index contributed by atoms with van der Waals surface area (Å²) in [4.78, 5) is 30.4. The minimum absolute atomic E-state index is 0.0708. The van der Waals surface area contributed by atoms with Gasteiger partial charge in [-0.1, -0.05) is 25.3 Å². The highest BCUT2D eigenvalue weighted by Crippen LogP contribution is 2.48. The van der Waals surface area contributed by atoms with E-state index in [1.165, 1.54) is 4.90 Å². The summed E-state index contributed by atoms with van der Waals surface area (Å²) in [5.41, 5.74) is 5.26. The van der Waals surface area contributed by atoms with Crippen molar-refractivity contribution in [1.82, 2.24) is 4.98 Å². The number of rotatable bonds is 2. The predicted octanol–water partition coefficient (Wildman–Crippen LogP) is 1.49. The molecule has 0 radical (unpaired) electrons. The number of pyridine rings is 1. The number of carbonyl (C=O) groups is 2. The summed E-state index contributed by atoms with van der Waals surface area (Å²) >= 11 is 0. The fourth-order valence-electron chi connectivity index (χ4n) is 3.70. The van der Waals surface area contributed by atoms with Gasteiger partial charge in [-0.3, -0.25) is 14.5 Å². The van der Waals surface area contributed by atoms with Gasteiger partial charge in [0.15, 0.2) is 0 Å². The molecule has 2 amide bonds. The molecule has 1 aromatic rings. The maximum Gasteiger partial charge on any atom is 0.240 e. The normalized spacial score (nSPS) is 23.5. The van der Waals surface area contributed by atoms with Gasteiger partial charge in [-0.2, -0.15) is 5.26 Å². The summed E-state index contributed by atoms with van der Waals surface area (Å²) in [6.45, 7) is 0. The maximum absolute atomic E-state index is 13.0. The molecule has 1 aliphatic carbocycles. The Morgan fingerprint density at radius 2 is 2.09 bits per heavy atom. The lowest BCUT2D eigenvalue weighted by atomic mass is 9.72. The molecule has 2 N–H and O–H groups in total. The van der Waals surface area contributed by atoms with E-state index in [2.05, 4.69) is 4.98 Å². The van der Waals surface area contributed by atoms with Crippen LogP contribution >= 0.6 is 0 Å². The van der Waals surface area contributed by atoms with E-state index in [4.69, 9.17) is 11.0 Å². The van der Waals surface area contributed by atoms with Crippen molar-refractivity contribution in [3.8, 4) is 6.07 Å². The van der Waals surface area contributed by atoms with Crippen molar-refractivity contribution in [3.05, 3.63) is 23.9 Å². The molecule has 1 spiro atoms. The van der Waals surface area contributed by atoms with Gasteiger partial charge < -0.3 is 5.73 Å². The number of carbonyl (C=O) groups excluding carboxylic acids is 2. The number of hydrogen-bond acceptors (Lipinski definition) is 4. The molecule has 114 valence electrons. The van der Waals surface area contributed by atoms with E-state index in [9.17, 15) is 9.59 Å². The number of amides is 2. The van der Waals surface area contributed by atoms with E-state index in [0.29, 0.717) is 12.2 Å². The highest BCUT2D eigenvalue weighted by Gasteiger charge is 2.54. The minimum atomic E-state index is -0.674. The molecule has 2 heterocycles. The van der Waals surface area contributed by atoms with Crippen LogP contribution in [0, 0.1) is 16.7 Å². The molecule has 0 bridgehead atoms. The van der Waals surface area contributed by atoms with E-state index in [1.807, 2.05) is 6.07 Å². The Morgan fingerprint density at radius 1 is 1.36 bits per heavy atom. The van der Waals surface area contributed by atoms with Crippen molar-refractivity contribution < 1.29 is 9.59 Å². The lowest BCUT2D eigenvalue weighted by molar-refractivity contribution is -0.127. The van der Waals surface area contributed by atoms with Crippen LogP contribution in [0.4, 0.5) is 5.82 Å². The maximum atomic E-state index is 13.0. The molecule has 3 rings (SSSR count). The standard InChI is InChI=1S/C16H18N4O2/c17-10-11-5-4-6-13(19-11)20-12(14(18)21)9-16(15(20)22)7-2-1-3-8-16/h4-6,12H,1-3,7-9H2,(H2,18,21). The lowest BCUT2D eigenvalue weighted by Gasteiger charge is -2.31. The third-order valence-corrected chi connectivity index (χ3v) is 4.80. The van der Waals surface area contributed by atoms with Gasteiger partial charge >= 0.3 is 0 Å². The Morgan fingerprint density at radius 3 is 2.73 bits per heavy atom. The van der Waals surface area contributed by atoms with E-state index in [0.717, 1.165) is 32.1 Å². The molecule has 1 unspecified atom stereocenters. The number of nitrogens with two attached hydrogens (primary N) is 1. The summed E-state index contributed by atoms with van der Waals surface area (Å²) in [7, 11) is 0. The zero-order chi connectivity index (χ0) is 15.7. The van der Waals surface area contributed by atoms with Crippen LogP contribution in [0.3, 0.4) is 0 Å². The summed E-state index contributed by atoms with van der Waals surface area (Å²) in [6, 6.07) is 6.16. The monoisotopic (exact) mass is 298 g/mol. The number of anilines is 1. The summed E-state index contributed by atoms with van der Waals surface area (Å²) in [6.07, 6.45) is 5.17. The molecule has 22 heavy (non-hydrogen) atoms.